The highest BCUT2D eigenvalue weighted by Gasteiger charge is 2.21. The molecular formula is C24H31ClN2O3. The number of piperazine rings is 1. The molecule has 1 N–H and O–H groups in total. The number of methoxy groups -OCH3 is 1. The predicted octanol–water partition coefficient (Wildman–Crippen LogP) is 4.25. The third-order valence-electron chi connectivity index (χ3n) is 5.33. The molecule has 0 amide bonds. The van der Waals surface area contributed by atoms with Crippen molar-refractivity contribution in [2.75, 3.05) is 51.3 Å². The fourth-order valence-electron chi connectivity index (χ4n) is 3.73. The van der Waals surface area contributed by atoms with Crippen LogP contribution in [0.4, 0.5) is 5.69 Å². The minimum atomic E-state index is -0.565. The molecule has 1 aliphatic heterocycles. The van der Waals surface area contributed by atoms with Crippen LogP contribution in [0.15, 0.2) is 42.5 Å². The van der Waals surface area contributed by atoms with Gasteiger partial charge in [-0.2, -0.15) is 0 Å². The van der Waals surface area contributed by atoms with Gasteiger partial charge in [-0.25, -0.2) is 0 Å². The maximum atomic E-state index is 10.5. The number of hydrogen-bond acceptors (Lipinski definition) is 5. The molecular weight excluding hydrogens is 400 g/mol. The summed E-state index contributed by atoms with van der Waals surface area (Å²) >= 11 is 6.17. The highest BCUT2D eigenvalue weighted by molar-refractivity contribution is 6.30. The number of hydrogen-bond donors (Lipinski definition) is 1. The van der Waals surface area contributed by atoms with E-state index in [-0.39, 0.29) is 6.61 Å². The molecule has 0 aliphatic carbocycles. The first-order valence-electron chi connectivity index (χ1n) is 10.3. The monoisotopic (exact) mass is 430 g/mol. The SMILES string of the molecule is C/C=C/c1ccc(OC[C@H](O)CN2CCN(c3cc(Cl)ccc3C)CC2)c(OC)c1. The maximum absolute atomic E-state index is 10.5. The van der Waals surface area contributed by atoms with E-state index in [9.17, 15) is 5.11 Å². The van der Waals surface area contributed by atoms with E-state index in [4.69, 9.17) is 21.1 Å². The van der Waals surface area contributed by atoms with Gasteiger partial charge in [0.05, 0.1) is 7.11 Å². The molecule has 1 heterocycles. The van der Waals surface area contributed by atoms with Crippen LogP contribution >= 0.6 is 11.6 Å². The van der Waals surface area contributed by atoms with Gasteiger partial charge >= 0.3 is 0 Å². The van der Waals surface area contributed by atoms with Gasteiger partial charge in [-0.05, 0) is 49.2 Å². The molecule has 1 aliphatic rings. The van der Waals surface area contributed by atoms with Crippen molar-refractivity contribution in [3.05, 3.63) is 58.6 Å². The Morgan fingerprint density at radius 1 is 1.10 bits per heavy atom. The van der Waals surface area contributed by atoms with Gasteiger partial charge in [0.1, 0.15) is 12.7 Å². The normalized spacial score (nSPS) is 16.1. The number of aliphatic hydroxyl groups is 1. The molecule has 3 rings (SSSR count). The Kier molecular flexibility index (Phi) is 8.02. The van der Waals surface area contributed by atoms with Crippen LogP contribution in [0.1, 0.15) is 18.1 Å². The van der Waals surface area contributed by atoms with E-state index in [1.165, 1.54) is 11.3 Å². The molecule has 1 atom stereocenters. The summed E-state index contributed by atoms with van der Waals surface area (Å²) in [5, 5.41) is 11.2. The number of ether oxygens (including phenoxy) is 2. The molecule has 162 valence electrons. The number of aliphatic hydroxyl groups excluding tert-OH is 1. The van der Waals surface area contributed by atoms with E-state index in [0.717, 1.165) is 36.8 Å². The minimum Gasteiger partial charge on any atom is -0.493 e. The van der Waals surface area contributed by atoms with Crippen LogP contribution in [0, 0.1) is 6.92 Å². The largest absolute Gasteiger partial charge is 0.493 e. The minimum absolute atomic E-state index is 0.229. The van der Waals surface area contributed by atoms with E-state index in [0.29, 0.717) is 18.0 Å². The summed E-state index contributed by atoms with van der Waals surface area (Å²) in [7, 11) is 1.62. The van der Waals surface area contributed by atoms with Crippen LogP contribution < -0.4 is 14.4 Å². The van der Waals surface area contributed by atoms with Crippen molar-refractivity contribution in [3.63, 3.8) is 0 Å². The van der Waals surface area contributed by atoms with Gasteiger partial charge in [-0.3, -0.25) is 4.90 Å². The zero-order valence-corrected chi connectivity index (χ0v) is 18.7. The average molecular weight is 431 g/mol. The summed E-state index contributed by atoms with van der Waals surface area (Å²) in [5.41, 5.74) is 3.48. The van der Waals surface area contributed by atoms with Crippen molar-refractivity contribution < 1.29 is 14.6 Å². The summed E-state index contributed by atoms with van der Waals surface area (Å²) in [6.45, 7) is 8.51. The van der Waals surface area contributed by atoms with Gasteiger partial charge in [-0.1, -0.05) is 35.9 Å². The maximum Gasteiger partial charge on any atom is 0.161 e. The molecule has 6 heteroatoms. The zero-order chi connectivity index (χ0) is 21.5. The second kappa shape index (κ2) is 10.7. The second-order valence-corrected chi connectivity index (χ2v) is 8.03. The fraction of sp³-hybridized carbons (Fsp3) is 0.417. The summed E-state index contributed by atoms with van der Waals surface area (Å²) in [6, 6.07) is 11.8. The number of β-amino-alcohol motifs (C(OH)–C–C–N with tert-alkyl or cyclic N) is 1. The molecule has 30 heavy (non-hydrogen) atoms. The van der Waals surface area contributed by atoms with E-state index in [1.54, 1.807) is 7.11 Å². The lowest BCUT2D eigenvalue weighted by molar-refractivity contribution is 0.0653. The van der Waals surface area contributed by atoms with Crippen LogP contribution in [0.25, 0.3) is 6.08 Å². The van der Waals surface area contributed by atoms with Crippen LogP contribution in [0.3, 0.4) is 0 Å². The number of benzene rings is 2. The fourth-order valence-corrected chi connectivity index (χ4v) is 3.90. The summed E-state index contributed by atoms with van der Waals surface area (Å²) in [5.74, 6) is 1.31. The molecule has 0 aromatic heterocycles. The van der Waals surface area contributed by atoms with E-state index < -0.39 is 6.10 Å². The molecule has 2 aromatic rings. The van der Waals surface area contributed by atoms with Gasteiger partial charge in [0.25, 0.3) is 0 Å². The zero-order valence-electron chi connectivity index (χ0n) is 18.0. The first kappa shape index (κ1) is 22.5. The number of halogens is 1. The second-order valence-electron chi connectivity index (χ2n) is 7.59. The van der Waals surface area contributed by atoms with Crippen molar-refractivity contribution >= 4 is 23.4 Å². The lowest BCUT2D eigenvalue weighted by atomic mass is 10.1. The van der Waals surface area contributed by atoms with Gasteiger partial charge in [0.2, 0.25) is 0 Å². The van der Waals surface area contributed by atoms with Crippen LogP contribution in [0.2, 0.25) is 5.02 Å². The van der Waals surface area contributed by atoms with Gasteiger partial charge in [0, 0.05) is 43.4 Å². The van der Waals surface area contributed by atoms with E-state index in [2.05, 4.69) is 22.8 Å². The van der Waals surface area contributed by atoms with Crippen LogP contribution in [0.5, 0.6) is 11.5 Å². The van der Waals surface area contributed by atoms with E-state index in [1.807, 2.05) is 49.4 Å². The molecule has 0 bridgehead atoms. The van der Waals surface area contributed by atoms with Crippen LogP contribution in [-0.2, 0) is 0 Å². The predicted molar refractivity (Wildman–Crippen MR) is 124 cm³/mol. The standard InChI is InChI=1S/C24H31ClN2O3/c1-4-5-19-7-9-23(24(14-19)29-3)30-17-21(28)16-26-10-12-27(13-11-26)22-15-20(25)8-6-18(22)2/h4-9,14-15,21,28H,10-13,16-17H2,1-3H3/b5-4+/t21-/m1/s1. The van der Waals surface area contributed by atoms with Crippen molar-refractivity contribution in [2.45, 2.75) is 20.0 Å². The number of nitrogens with zero attached hydrogens (tertiary/aromatic N) is 2. The third-order valence-corrected chi connectivity index (χ3v) is 5.57. The average Bonchev–Trinajstić information content (AvgIpc) is 2.75. The summed E-state index contributed by atoms with van der Waals surface area (Å²) in [6.07, 6.45) is 3.42. The Bertz CT molecular complexity index is 864. The lowest BCUT2D eigenvalue weighted by Gasteiger charge is -2.37. The Morgan fingerprint density at radius 2 is 1.87 bits per heavy atom. The molecule has 0 unspecified atom stereocenters. The van der Waals surface area contributed by atoms with Crippen molar-refractivity contribution in [3.8, 4) is 11.5 Å². The topological polar surface area (TPSA) is 45.2 Å². The van der Waals surface area contributed by atoms with E-state index >= 15 is 0 Å². The number of anilines is 1. The quantitative estimate of drug-likeness (QED) is 0.678. The Balaban J connectivity index is 1.48. The van der Waals surface area contributed by atoms with Crippen molar-refractivity contribution in [1.82, 2.24) is 4.90 Å². The van der Waals surface area contributed by atoms with Crippen molar-refractivity contribution in [2.24, 2.45) is 0 Å². The van der Waals surface area contributed by atoms with Crippen LogP contribution in [-0.4, -0.2) is 62.6 Å². The Labute approximate surface area is 184 Å². The third kappa shape index (κ3) is 5.91. The Hall–Kier alpha value is -2.21. The molecule has 2 aromatic carbocycles. The van der Waals surface area contributed by atoms with Gasteiger partial charge in [0.15, 0.2) is 11.5 Å². The van der Waals surface area contributed by atoms with Crippen molar-refractivity contribution in [1.29, 1.82) is 0 Å². The van der Waals surface area contributed by atoms with Gasteiger partial charge in [-0.15, -0.1) is 0 Å². The lowest BCUT2D eigenvalue weighted by Crippen LogP contribution is -2.49. The molecule has 1 saturated heterocycles. The molecule has 0 radical (unpaired) electrons. The number of aryl methyl sites for hydroxylation is 1. The molecule has 1 fully saturated rings. The Morgan fingerprint density at radius 3 is 2.57 bits per heavy atom. The molecule has 0 spiro atoms. The summed E-state index contributed by atoms with van der Waals surface area (Å²) in [4.78, 5) is 4.63. The van der Waals surface area contributed by atoms with Gasteiger partial charge < -0.3 is 19.5 Å². The smallest absolute Gasteiger partial charge is 0.161 e. The molecule has 5 nitrogen and oxygen atoms in total. The first-order valence-corrected chi connectivity index (χ1v) is 10.7. The number of allylic oxidation sites excluding steroid dienone is 1. The highest BCUT2D eigenvalue weighted by Crippen LogP contribution is 2.29. The highest BCUT2D eigenvalue weighted by atomic mass is 35.5. The first-order chi connectivity index (χ1) is 14.5. The number of rotatable bonds is 8. The summed E-state index contributed by atoms with van der Waals surface area (Å²) < 4.78 is 11.3. The molecule has 0 saturated carbocycles.